The smallest absolute Gasteiger partial charge is 0.252 e. The second-order valence-electron chi connectivity index (χ2n) is 6.02. The first kappa shape index (κ1) is 17.7. The Morgan fingerprint density at radius 1 is 1.48 bits per heavy atom. The Morgan fingerprint density at radius 3 is 2.96 bits per heavy atom. The van der Waals surface area contributed by atoms with Gasteiger partial charge in [-0.25, -0.2) is 4.98 Å². The van der Waals surface area contributed by atoms with Gasteiger partial charge in [-0.3, -0.25) is 9.48 Å². The second-order valence-corrected chi connectivity index (χ2v) is 6.43. The number of nitrogens with one attached hydrogen (secondary N) is 1. The molecule has 1 saturated heterocycles. The van der Waals surface area contributed by atoms with Crippen molar-refractivity contribution in [2.45, 2.75) is 32.9 Å². The van der Waals surface area contributed by atoms with Gasteiger partial charge in [0.2, 0.25) is 5.88 Å². The van der Waals surface area contributed by atoms with Gasteiger partial charge in [0, 0.05) is 24.9 Å². The van der Waals surface area contributed by atoms with Crippen LogP contribution < -0.4 is 10.1 Å². The Hall–Kier alpha value is -2.12. The normalized spacial score (nSPS) is 16.8. The Bertz CT molecular complexity index is 756. The maximum atomic E-state index is 12.2. The molecule has 0 aromatic carbocycles. The standard InChI is InChI=1S/C17H21ClN4O3/c1-11-7-12(2)22(21-11)5-4-19-16(23)13-8-15(18)17(20-9-13)25-14-3-6-24-10-14/h7-9,14H,3-6,10H2,1-2H3,(H,19,23)/t14-/m1/s1. The molecule has 2 aromatic rings. The number of aromatic nitrogens is 3. The van der Waals surface area contributed by atoms with E-state index in [1.807, 2.05) is 24.6 Å². The summed E-state index contributed by atoms with van der Waals surface area (Å²) in [5.41, 5.74) is 2.42. The van der Waals surface area contributed by atoms with E-state index in [1.165, 1.54) is 6.20 Å². The van der Waals surface area contributed by atoms with Gasteiger partial charge in [-0.15, -0.1) is 0 Å². The van der Waals surface area contributed by atoms with E-state index in [-0.39, 0.29) is 12.0 Å². The number of aryl methyl sites for hydroxylation is 2. The van der Waals surface area contributed by atoms with Crippen molar-refractivity contribution in [3.8, 4) is 5.88 Å². The zero-order chi connectivity index (χ0) is 17.8. The fourth-order valence-corrected chi connectivity index (χ4v) is 2.89. The molecule has 1 N–H and O–H groups in total. The minimum atomic E-state index is -0.230. The second kappa shape index (κ2) is 7.84. The van der Waals surface area contributed by atoms with Gasteiger partial charge in [0.15, 0.2) is 0 Å². The highest BCUT2D eigenvalue weighted by Gasteiger charge is 2.20. The van der Waals surface area contributed by atoms with Crippen LogP contribution in [-0.4, -0.2) is 46.5 Å². The highest BCUT2D eigenvalue weighted by molar-refractivity contribution is 6.32. The molecule has 2 aromatic heterocycles. The predicted octanol–water partition coefficient (Wildman–Crippen LogP) is 2.15. The molecule has 1 amide bonds. The molecule has 0 radical (unpaired) electrons. The topological polar surface area (TPSA) is 78.3 Å². The summed E-state index contributed by atoms with van der Waals surface area (Å²) >= 11 is 6.18. The number of hydrogen-bond acceptors (Lipinski definition) is 5. The summed E-state index contributed by atoms with van der Waals surface area (Å²) in [6.07, 6.45) is 2.24. The van der Waals surface area contributed by atoms with Gasteiger partial charge in [0.1, 0.15) is 11.1 Å². The van der Waals surface area contributed by atoms with E-state index < -0.39 is 0 Å². The molecule has 1 atom stereocenters. The van der Waals surface area contributed by atoms with Gasteiger partial charge in [-0.2, -0.15) is 5.10 Å². The molecule has 8 heteroatoms. The average molecular weight is 365 g/mol. The summed E-state index contributed by atoms with van der Waals surface area (Å²) in [7, 11) is 0. The molecule has 25 heavy (non-hydrogen) atoms. The SMILES string of the molecule is Cc1cc(C)n(CCNC(=O)c2cnc(O[C@@H]3CCOC3)c(Cl)c2)n1. The van der Waals surface area contributed by atoms with Crippen LogP contribution in [0.15, 0.2) is 18.3 Å². The van der Waals surface area contributed by atoms with Crippen molar-refractivity contribution >= 4 is 17.5 Å². The Balaban J connectivity index is 1.54. The first-order valence-corrected chi connectivity index (χ1v) is 8.60. The average Bonchev–Trinajstić information content (AvgIpc) is 3.19. The number of pyridine rings is 1. The quantitative estimate of drug-likeness (QED) is 0.849. The number of hydrogen-bond donors (Lipinski definition) is 1. The molecule has 0 unspecified atom stereocenters. The van der Waals surface area contributed by atoms with Gasteiger partial charge in [-0.05, 0) is 26.0 Å². The van der Waals surface area contributed by atoms with E-state index in [0.29, 0.717) is 42.8 Å². The lowest BCUT2D eigenvalue weighted by Gasteiger charge is -2.12. The monoisotopic (exact) mass is 364 g/mol. The third-order valence-electron chi connectivity index (χ3n) is 3.95. The van der Waals surface area contributed by atoms with Crippen molar-refractivity contribution in [3.05, 3.63) is 40.3 Å². The van der Waals surface area contributed by atoms with Crippen LogP contribution >= 0.6 is 11.6 Å². The summed E-state index contributed by atoms with van der Waals surface area (Å²) in [5.74, 6) is 0.100. The first-order valence-electron chi connectivity index (χ1n) is 8.22. The van der Waals surface area contributed by atoms with Crippen LogP contribution in [0.1, 0.15) is 28.2 Å². The van der Waals surface area contributed by atoms with E-state index >= 15 is 0 Å². The number of nitrogens with zero attached hydrogens (tertiary/aromatic N) is 3. The molecule has 1 aliphatic rings. The van der Waals surface area contributed by atoms with Gasteiger partial charge in [0.05, 0.1) is 31.0 Å². The molecule has 1 aliphatic heterocycles. The number of carbonyl (C=O) groups is 1. The third-order valence-corrected chi connectivity index (χ3v) is 4.22. The van der Waals surface area contributed by atoms with Crippen LogP contribution in [0.4, 0.5) is 0 Å². The molecular weight excluding hydrogens is 344 g/mol. The lowest BCUT2D eigenvalue weighted by atomic mass is 10.2. The van der Waals surface area contributed by atoms with Gasteiger partial charge in [0.25, 0.3) is 5.91 Å². The lowest BCUT2D eigenvalue weighted by molar-refractivity contribution is 0.0951. The minimum absolute atomic E-state index is 0.0366. The number of amides is 1. The van der Waals surface area contributed by atoms with Crippen molar-refractivity contribution in [2.75, 3.05) is 19.8 Å². The van der Waals surface area contributed by atoms with Gasteiger partial charge < -0.3 is 14.8 Å². The first-order chi connectivity index (χ1) is 12.0. The van der Waals surface area contributed by atoms with E-state index in [9.17, 15) is 4.79 Å². The molecule has 3 rings (SSSR count). The molecule has 134 valence electrons. The van der Waals surface area contributed by atoms with Crippen LogP contribution in [-0.2, 0) is 11.3 Å². The summed E-state index contributed by atoms with van der Waals surface area (Å²) in [6, 6.07) is 3.57. The summed E-state index contributed by atoms with van der Waals surface area (Å²) in [4.78, 5) is 16.4. The van der Waals surface area contributed by atoms with Crippen LogP contribution in [0.2, 0.25) is 5.02 Å². The van der Waals surface area contributed by atoms with Gasteiger partial charge >= 0.3 is 0 Å². The summed E-state index contributed by atoms with van der Waals surface area (Å²) in [5, 5.41) is 7.52. The highest BCUT2D eigenvalue weighted by Crippen LogP contribution is 2.25. The van der Waals surface area contributed by atoms with E-state index in [2.05, 4.69) is 15.4 Å². The van der Waals surface area contributed by atoms with Crippen molar-refractivity contribution < 1.29 is 14.3 Å². The van der Waals surface area contributed by atoms with Crippen molar-refractivity contribution in [3.63, 3.8) is 0 Å². The number of halogens is 1. The molecule has 3 heterocycles. The number of rotatable bonds is 6. The molecule has 0 spiro atoms. The Morgan fingerprint density at radius 2 is 2.32 bits per heavy atom. The van der Waals surface area contributed by atoms with Crippen molar-refractivity contribution in [2.24, 2.45) is 0 Å². The molecule has 7 nitrogen and oxygen atoms in total. The van der Waals surface area contributed by atoms with E-state index in [1.54, 1.807) is 6.07 Å². The molecule has 1 fully saturated rings. The largest absolute Gasteiger partial charge is 0.471 e. The van der Waals surface area contributed by atoms with Crippen LogP contribution in [0, 0.1) is 13.8 Å². The maximum absolute atomic E-state index is 12.2. The fourth-order valence-electron chi connectivity index (χ4n) is 2.68. The molecule has 0 saturated carbocycles. The third kappa shape index (κ3) is 4.49. The number of carbonyl (C=O) groups excluding carboxylic acids is 1. The predicted molar refractivity (Wildman–Crippen MR) is 93.1 cm³/mol. The summed E-state index contributed by atoms with van der Waals surface area (Å²) < 4.78 is 12.8. The van der Waals surface area contributed by atoms with Crippen LogP contribution in [0.3, 0.4) is 0 Å². The molecule has 0 aliphatic carbocycles. The molecular formula is C17H21ClN4O3. The Kier molecular flexibility index (Phi) is 5.55. The minimum Gasteiger partial charge on any atom is -0.471 e. The van der Waals surface area contributed by atoms with Crippen LogP contribution in [0.25, 0.3) is 0 Å². The fraction of sp³-hybridized carbons (Fsp3) is 0.471. The highest BCUT2D eigenvalue weighted by atomic mass is 35.5. The van der Waals surface area contributed by atoms with Crippen molar-refractivity contribution in [1.82, 2.24) is 20.1 Å². The summed E-state index contributed by atoms with van der Waals surface area (Å²) in [6.45, 7) is 6.22. The van der Waals surface area contributed by atoms with Crippen LogP contribution in [0.5, 0.6) is 5.88 Å². The Labute approximate surface area is 151 Å². The number of ether oxygens (including phenoxy) is 2. The molecule has 0 bridgehead atoms. The van der Waals surface area contributed by atoms with E-state index in [0.717, 1.165) is 17.8 Å². The van der Waals surface area contributed by atoms with Gasteiger partial charge in [-0.1, -0.05) is 11.6 Å². The lowest BCUT2D eigenvalue weighted by Crippen LogP contribution is -2.28. The van der Waals surface area contributed by atoms with Crippen molar-refractivity contribution in [1.29, 1.82) is 0 Å². The maximum Gasteiger partial charge on any atom is 0.252 e. The zero-order valence-corrected chi connectivity index (χ0v) is 15.0. The van der Waals surface area contributed by atoms with E-state index in [4.69, 9.17) is 21.1 Å². The zero-order valence-electron chi connectivity index (χ0n) is 14.3.